The van der Waals surface area contributed by atoms with Crippen LogP contribution in [0.5, 0.6) is 0 Å². The molecule has 160 valence electrons. The number of tetrazole rings is 1. The molecular weight excluding hydrogens is 416 g/mol. The van der Waals surface area contributed by atoms with E-state index in [1.54, 1.807) is 17.2 Å². The molecular formula is C22H23ClN6O2. The van der Waals surface area contributed by atoms with Crippen molar-refractivity contribution in [1.29, 1.82) is 0 Å². The highest BCUT2D eigenvalue weighted by molar-refractivity contribution is 6.31. The minimum absolute atomic E-state index is 0.149. The summed E-state index contributed by atoms with van der Waals surface area (Å²) in [7, 11) is 0. The van der Waals surface area contributed by atoms with Gasteiger partial charge in [0.15, 0.2) is 5.82 Å². The van der Waals surface area contributed by atoms with Gasteiger partial charge in [-0.25, -0.2) is 4.68 Å². The predicted octanol–water partition coefficient (Wildman–Crippen LogP) is 3.47. The van der Waals surface area contributed by atoms with Crippen LogP contribution in [0.15, 0.2) is 69.9 Å². The van der Waals surface area contributed by atoms with Gasteiger partial charge in [-0.3, -0.25) is 9.80 Å². The minimum Gasteiger partial charge on any atom is -0.468 e. The number of nitrogens with zero attached hydrogens (tertiary/aromatic N) is 6. The second-order valence-electron chi connectivity index (χ2n) is 7.59. The van der Waals surface area contributed by atoms with Gasteiger partial charge in [0.25, 0.3) is 0 Å². The maximum absolute atomic E-state index is 6.63. The molecule has 3 aromatic heterocycles. The highest BCUT2D eigenvalue weighted by Crippen LogP contribution is 2.33. The first-order chi connectivity index (χ1) is 15.3. The van der Waals surface area contributed by atoms with Gasteiger partial charge < -0.3 is 8.83 Å². The third-order valence-electron chi connectivity index (χ3n) is 5.62. The van der Waals surface area contributed by atoms with E-state index in [-0.39, 0.29) is 6.04 Å². The summed E-state index contributed by atoms with van der Waals surface area (Å²) in [6.07, 6.45) is 3.38. The Morgan fingerprint density at radius 2 is 1.58 bits per heavy atom. The van der Waals surface area contributed by atoms with Gasteiger partial charge >= 0.3 is 0 Å². The molecule has 0 amide bonds. The van der Waals surface area contributed by atoms with Crippen molar-refractivity contribution < 1.29 is 8.83 Å². The van der Waals surface area contributed by atoms with E-state index in [0.29, 0.717) is 11.6 Å². The van der Waals surface area contributed by atoms with Crippen LogP contribution in [0.1, 0.15) is 29.0 Å². The molecule has 1 fully saturated rings. The van der Waals surface area contributed by atoms with Crippen LogP contribution in [0.4, 0.5) is 0 Å². The number of hydrogen-bond acceptors (Lipinski definition) is 7. The van der Waals surface area contributed by atoms with E-state index in [9.17, 15) is 0 Å². The van der Waals surface area contributed by atoms with Crippen molar-refractivity contribution in [2.45, 2.75) is 19.1 Å². The molecule has 5 rings (SSSR count). The van der Waals surface area contributed by atoms with Crippen molar-refractivity contribution in [1.82, 2.24) is 30.0 Å². The lowest BCUT2D eigenvalue weighted by Gasteiger charge is -2.38. The van der Waals surface area contributed by atoms with Crippen LogP contribution < -0.4 is 0 Å². The summed E-state index contributed by atoms with van der Waals surface area (Å²) in [5.41, 5.74) is 0.999. The predicted molar refractivity (Wildman–Crippen MR) is 114 cm³/mol. The Hall–Kier alpha value is -2.94. The number of piperazine rings is 1. The monoisotopic (exact) mass is 438 g/mol. The normalized spacial score (nSPS) is 16.5. The average Bonchev–Trinajstić information content (AvgIpc) is 3.56. The van der Waals surface area contributed by atoms with Gasteiger partial charge in [0.2, 0.25) is 0 Å². The van der Waals surface area contributed by atoms with E-state index >= 15 is 0 Å². The molecule has 0 N–H and O–H groups in total. The summed E-state index contributed by atoms with van der Waals surface area (Å²) in [4.78, 5) is 4.79. The molecule has 1 aliphatic rings. The van der Waals surface area contributed by atoms with Crippen LogP contribution in [-0.4, -0.2) is 56.2 Å². The lowest BCUT2D eigenvalue weighted by atomic mass is 10.0. The lowest BCUT2D eigenvalue weighted by molar-refractivity contribution is 0.0955. The van der Waals surface area contributed by atoms with Gasteiger partial charge in [0.1, 0.15) is 18.1 Å². The van der Waals surface area contributed by atoms with Crippen LogP contribution in [0.2, 0.25) is 5.02 Å². The molecule has 0 spiro atoms. The molecule has 1 aromatic carbocycles. The molecule has 0 aliphatic carbocycles. The highest BCUT2D eigenvalue weighted by atomic mass is 35.5. The largest absolute Gasteiger partial charge is 0.468 e. The molecule has 4 aromatic rings. The first-order valence-electron chi connectivity index (χ1n) is 10.3. The van der Waals surface area contributed by atoms with Gasteiger partial charge in [0, 0.05) is 31.2 Å². The number of halogens is 1. The van der Waals surface area contributed by atoms with Gasteiger partial charge in [0.05, 0.1) is 25.1 Å². The average molecular weight is 439 g/mol. The Labute approximate surface area is 185 Å². The molecule has 1 saturated heterocycles. The van der Waals surface area contributed by atoms with E-state index in [1.165, 1.54) is 0 Å². The summed E-state index contributed by atoms with van der Waals surface area (Å²) in [5, 5.41) is 13.3. The smallest absolute Gasteiger partial charge is 0.173 e. The zero-order valence-electron chi connectivity index (χ0n) is 17.0. The van der Waals surface area contributed by atoms with Gasteiger partial charge in [-0.05, 0) is 46.3 Å². The highest BCUT2D eigenvalue weighted by Gasteiger charge is 2.32. The van der Waals surface area contributed by atoms with Crippen LogP contribution in [-0.2, 0) is 13.1 Å². The summed E-state index contributed by atoms with van der Waals surface area (Å²) >= 11 is 6.63. The van der Waals surface area contributed by atoms with E-state index in [1.807, 2.05) is 48.5 Å². The second-order valence-corrected chi connectivity index (χ2v) is 8.00. The minimum atomic E-state index is -0.149. The molecule has 0 unspecified atom stereocenters. The summed E-state index contributed by atoms with van der Waals surface area (Å²) < 4.78 is 12.8. The van der Waals surface area contributed by atoms with E-state index < -0.39 is 0 Å². The number of hydrogen-bond donors (Lipinski definition) is 0. The Morgan fingerprint density at radius 3 is 2.26 bits per heavy atom. The molecule has 9 heteroatoms. The maximum Gasteiger partial charge on any atom is 0.173 e. The maximum atomic E-state index is 6.63. The van der Waals surface area contributed by atoms with Crippen LogP contribution in [0, 0.1) is 0 Å². The topological polar surface area (TPSA) is 76.4 Å². The first kappa shape index (κ1) is 20.0. The van der Waals surface area contributed by atoms with Crippen molar-refractivity contribution >= 4 is 11.6 Å². The zero-order valence-corrected chi connectivity index (χ0v) is 17.7. The summed E-state index contributed by atoms with van der Waals surface area (Å²) in [5.74, 6) is 2.54. The first-order valence-corrected chi connectivity index (χ1v) is 10.7. The quantitative estimate of drug-likeness (QED) is 0.437. The molecule has 1 aliphatic heterocycles. The number of rotatable bonds is 7. The fourth-order valence-corrected chi connectivity index (χ4v) is 4.31. The number of benzene rings is 1. The molecule has 0 saturated carbocycles. The number of aromatic nitrogens is 4. The van der Waals surface area contributed by atoms with Crippen LogP contribution in [0.25, 0.3) is 0 Å². The Morgan fingerprint density at radius 1 is 0.871 bits per heavy atom. The van der Waals surface area contributed by atoms with Crippen molar-refractivity contribution in [3.05, 3.63) is 89.0 Å². The number of furan rings is 2. The van der Waals surface area contributed by atoms with Crippen LogP contribution >= 0.6 is 11.6 Å². The van der Waals surface area contributed by atoms with E-state index in [4.69, 9.17) is 20.4 Å². The molecule has 0 bridgehead atoms. The third-order valence-corrected chi connectivity index (χ3v) is 5.97. The summed E-state index contributed by atoms with van der Waals surface area (Å²) in [6.45, 7) is 4.85. The Bertz CT molecular complexity index is 1090. The third kappa shape index (κ3) is 4.41. The fourth-order valence-electron chi connectivity index (χ4n) is 4.07. The Kier molecular flexibility index (Phi) is 5.84. The molecule has 4 heterocycles. The second kappa shape index (κ2) is 9.05. The van der Waals surface area contributed by atoms with Crippen molar-refractivity contribution in [2.24, 2.45) is 0 Å². The van der Waals surface area contributed by atoms with Crippen molar-refractivity contribution in [3.63, 3.8) is 0 Å². The summed E-state index contributed by atoms with van der Waals surface area (Å²) in [6, 6.07) is 15.5. The van der Waals surface area contributed by atoms with Crippen LogP contribution in [0.3, 0.4) is 0 Å². The standard InChI is InChI=1S/C22H23ClN6O2/c23-20-8-2-1-7-19(20)21(22-24-25-26-29(22)16-18-6-4-14-31-18)28-11-9-27(10-12-28)15-17-5-3-13-30-17/h1-8,13-14,21H,9-12,15-16H2/t21-/m1/s1. The van der Waals surface area contributed by atoms with Gasteiger partial charge in [-0.2, -0.15) is 0 Å². The van der Waals surface area contributed by atoms with E-state index in [2.05, 4.69) is 25.3 Å². The van der Waals surface area contributed by atoms with Crippen molar-refractivity contribution in [2.75, 3.05) is 26.2 Å². The van der Waals surface area contributed by atoms with Crippen molar-refractivity contribution in [3.8, 4) is 0 Å². The van der Waals surface area contributed by atoms with Gasteiger partial charge in [-0.15, -0.1) is 5.10 Å². The molecule has 8 nitrogen and oxygen atoms in total. The Balaban J connectivity index is 1.40. The molecule has 1 atom stereocenters. The van der Waals surface area contributed by atoms with Gasteiger partial charge in [-0.1, -0.05) is 29.8 Å². The SMILES string of the molecule is Clc1ccccc1[C@H](c1nnnn1Cc1ccco1)N1CCN(Cc2ccco2)CC1. The zero-order chi connectivity index (χ0) is 21.0. The fraction of sp³-hybridized carbons (Fsp3) is 0.318. The molecule has 31 heavy (non-hydrogen) atoms. The lowest BCUT2D eigenvalue weighted by Crippen LogP contribution is -2.48. The molecule has 0 radical (unpaired) electrons. The van der Waals surface area contributed by atoms with E-state index in [0.717, 1.165) is 55.6 Å².